The van der Waals surface area contributed by atoms with Gasteiger partial charge in [0.25, 0.3) is 0 Å². The Morgan fingerprint density at radius 3 is 2.31 bits per heavy atom. The molecule has 0 nitrogen and oxygen atoms in total. The minimum Gasteiger partial charge on any atom is -0.179 e. The highest BCUT2D eigenvalue weighted by Gasteiger charge is 2.22. The van der Waals surface area contributed by atoms with Crippen molar-refractivity contribution in [2.75, 3.05) is 17.3 Å². The average molecular weight is 220 g/mol. The Morgan fingerprint density at radius 1 is 1.31 bits per heavy atom. The van der Waals surface area contributed by atoms with Crippen LogP contribution in [0.3, 0.4) is 0 Å². The molecular weight excluding hydrogens is 196 g/mol. The first-order chi connectivity index (χ1) is 6.02. The van der Waals surface area contributed by atoms with Crippen molar-refractivity contribution < 1.29 is 0 Å². The summed E-state index contributed by atoms with van der Waals surface area (Å²) in [6, 6.07) is 0. The zero-order valence-electron chi connectivity index (χ0n) is 9.47. The molecule has 0 saturated carbocycles. The molecule has 0 aliphatic carbocycles. The van der Waals surface area contributed by atoms with Gasteiger partial charge in [0.1, 0.15) is 0 Å². The van der Waals surface area contributed by atoms with Gasteiger partial charge in [0, 0.05) is 0 Å². The smallest absolute Gasteiger partial charge is 0.00263 e. The van der Waals surface area contributed by atoms with Crippen LogP contribution in [0.2, 0.25) is 0 Å². The van der Waals surface area contributed by atoms with E-state index in [4.69, 9.17) is 0 Å². The lowest BCUT2D eigenvalue weighted by Gasteiger charge is -2.29. The maximum absolute atomic E-state index is 4.42. The van der Waals surface area contributed by atoms with Crippen molar-refractivity contribution in [1.82, 2.24) is 0 Å². The van der Waals surface area contributed by atoms with Crippen molar-refractivity contribution in [1.29, 1.82) is 0 Å². The summed E-state index contributed by atoms with van der Waals surface area (Å²) in [5.74, 6) is 4.35. The standard InChI is InChI=1S/C11H24S2/c1-5-6-7-13-9-10(8-12)11(2,3)4/h10,12H,5-9H2,1-4H3. The average Bonchev–Trinajstić information content (AvgIpc) is 2.02. The van der Waals surface area contributed by atoms with E-state index < -0.39 is 0 Å². The quantitative estimate of drug-likeness (QED) is 0.519. The fourth-order valence-electron chi connectivity index (χ4n) is 1.05. The predicted molar refractivity (Wildman–Crippen MR) is 69.0 cm³/mol. The van der Waals surface area contributed by atoms with Crippen LogP contribution in [0.5, 0.6) is 0 Å². The summed E-state index contributed by atoms with van der Waals surface area (Å²) in [5, 5.41) is 0. The van der Waals surface area contributed by atoms with Crippen LogP contribution in [0.1, 0.15) is 40.5 Å². The molecule has 1 unspecified atom stereocenters. The van der Waals surface area contributed by atoms with Crippen LogP contribution in [0.15, 0.2) is 0 Å². The molecule has 1 atom stereocenters. The first-order valence-electron chi connectivity index (χ1n) is 5.21. The minimum absolute atomic E-state index is 0.418. The molecule has 0 N–H and O–H groups in total. The molecule has 0 aliphatic heterocycles. The van der Waals surface area contributed by atoms with Crippen molar-refractivity contribution in [3.63, 3.8) is 0 Å². The first-order valence-corrected chi connectivity index (χ1v) is 6.99. The molecule has 80 valence electrons. The van der Waals surface area contributed by atoms with Crippen LogP contribution in [-0.4, -0.2) is 17.3 Å². The summed E-state index contributed by atoms with van der Waals surface area (Å²) in [6.07, 6.45) is 2.67. The number of hydrogen-bond acceptors (Lipinski definition) is 2. The van der Waals surface area contributed by atoms with Gasteiger partial charge in [-0.2, -0.15) is 24.4 Å². The van der Waals surface area contributed by atoms with Gasteiger partial charge in [0.15, 0.2) is 0 Å². The van der Waals surface area contributed by atoms with E-state index in [0.29, 0.717) is 5.41 Å². The van der Waals surface area contributed by atoms with Crippen LogP contribution >= 0.6 is 24.4 Å². The largest absolute Gasteiger partial charge is 0.179 e. The highest BCUT2D eigenvalue weighted by Crippen LogP contribution is 2.29. The van der Waals surface area contributed by atoms with Gasteiger partial charge >= 0.3 is 0 Å². The molecule has 0 rings (SSSR count). The van der Waals surface area contributed by atoms with Crippen molar-refractivity contribution >= 4 is 24.4 Å². The van der Waals surface area contributed by atoms with E-state index >= 15 is 0 Å². The Hall–Kier alpha value is 0.700. The monoisotopic (exact) mass is 220 g/mol. The third kappa shape index (κ3) is 6.73. The van der Waals surface area contributed by atoms with Crippen molar-refractivity contribution in [2.24, 2.45) is 11.3 Å². The molecular formula is C11H24S2. The fraction of sp³-hybridized carbons (Fsp3) is 1.00. The van der Waals surface area contributed by atoms with Crippen LogP contribution in [0.4, 0.5) is 0 Å². The Bertz CT molecular complexity index is 116. The number of rotatable bonds is 6. The van der Waals surface area contributed by atoms with Gasteiger partial charge in [-0.15, -0.1) is 0 Å². The normalized spacial score (nSPS) is 14.5. The maximum atomic E-state index is 4.42. The summed E-state index contributed by atoms with van der Waals surface area (Å²) >= 11 is 6.51. The molecule has 2 heteroatoms. The van der Waals surface area contributed by atoms with Gasteiger partial charge in [0.2, 0.25) is 0 Å². The Kier molecular flexibility index (Phi) is 7.43. The minimum atomic E-state index is 0.418. The zero-order valence-corrected chi connectivity index (χ0v) is 11.2. The lowest BCUT2D eigenvalue weighted by molar-refractivity contribution is 0.294. The molecule has 0 bridgehead atoms. The van der Waals surface area contributed by atoms with E-state index in [1.54, 1.807) is 0 Å². The van der Waals surface area contributed by atoms with Crippen LogP contribution in [0.25, 0.3) is 0 Å². The lowest BCUT2D eigenvalue weighted by Crippen LogP contribution is -2.24. The number of unbranched alkanes of at least 4 members (excludes halogenated alkanes) is 1. The second-order valence-corrected chi connectivity index (χ2v) is 6.19. The molecule has 0 heterocycles. The van der Waals surface area contributed by atoms with Gasteiger partial charge in [-0.05, 0) is 35.0 Å². The summed E-state index contributed by atoms with van der Waals surface area (Å²) in [6.45, 7) is 9.19. The third-order valence-corrected chi connectivity index (χ3v) is 4.06. The summed E-state index contributed by atoms with van der Waals surface area (Å²) < 4.78 is 0. The highest BCUT2D eigenvalue weighted by molar-refractivity contribution is 7.99. The van der Waals surface area contributed by atoms with Gasteiger partial charge in [0.05, 0.1) is 0 Å². The molecule has 0 aromatic carbocycles. The summed E-state index contributed by atoms with van der Waals surface area (Å²) in [5.41, 5.74) is 0.418. The third-order valence-electron chi connectivity index (χ3n) is 2.41. The zero-order chi connectivity index (χ0) is 10.3. The first kappa shape index (κ1) is 13.7. The fourth-order valence-corrected chi connectivity index (χ4v) is 3.46. The molecule has 0 radical (unpaired) electrons. The summed E-state index contributed by atoms with van der Waals surface area (Å²) in [4.78, 5) is 0. The predicted octanol–water partition coefficient (Wildman–Crippen LogP) is 4.11. The number of thiol groups is 1. The highest BCUT2D eigenvalue weighted by atomic mass is 32.2. The lowest BCUT2D eigenvalue weighted by atomic mass is 9.83. The molecule has 0 amide bonds. The van der Waals surface area contributed by atoms with Gasteiger partial charge in [-0.25, -0.2) is 0 Å². The molecule has 0 fully saturated rings. The van der Waals surface area contributed by atoms with E-state index in [-0.39, 0.29) is 0 Å². The Morgan fingerprint density at radius 2 is 1.92 bits per heavy atom. The van der Waals surface area contributed by atoms with Crippen LogP contribution in [-0.2, 0) is 0 Å². The molecule has 13 heavy (non-hydrogen) atoms. The molecule has 0 aromatic heterocycles. The van der Waals surface area contributed by atoms with E-state index in [1.807, 2.05) is 0 Å². The number of thioether (sulfide) groups is 1. The van der Waals surface area contributed by atoms with Crippen LogP contribution < -0.4 is 0 Å². The van der Waals surface area contributed by atoms with Gasteiger partial charge in [-0.1, -0.05) is 34.1 Å². The molecule has 0 aliphatic rings. The van der Waals surface area contributed by atoms with Crippen molar-refractivity contribution in [3.8, 4) is 0 Å². The van der Waals surface area contributed by atoms with Crippen molar-refractivity contribution in [2.45, 2.75) is 40.5 Å². The van der Waals surface area contributed by atoms with E-state index in [2.05, 4.69) is 52.1 Å². The SMILES string of the molecule is CCCCSCC(CS)C(C)(C)C. The van der Waals surface area contributed by atoms with E-state index in [1.165, 1.54) is 24.3 Å². The molecule has 0 saturated heterocycles. The van der Waals surface area contributed by atoms with Crippen molar-refractivity contribution in [3.05, 3.63) is 0 Å². The number of hydrogen-bond donors (Lipinski definition) is 1. The molecule has 0 spiro atoms. The van der Waals surface area contributed by atoms with E-state index in [0.717, 1.165) is 11.7 Å². The summed E-state index contributed by atoms with van der Waals surface area (Å²) in [7, 11) is 0. The van der Waals surface area contributed by atoms with Crippen LogP contribution in [0, 0.1) is 11.3 Å². The maximum Gasteiger partial charge on any atom is -0.00263 e. The Labute approximate surface area is 93.7 Å². The van der Waals surface area contributed by atoms with Gasteiger partial charge < -0.3 is 0 Å². The second kappa shape index (κ2) is 7.05. The second-order valence-electron chi connectivity index (χ2n) is 4.67. The topological polar surface area (TPSA) is 0 Å². The Balaban J connectivity index is 3.61. The van der Waals surface area contributed by atoms with E-state index in [9.17, 15) is 0 Å². The van der Waals surface area contributed by atoms with Gasteiger partial charge in [-0.3, -0.25) is 0 Å². The molecule has 0 aromatic rings.